The van der Waals surface area contributed by atoms with E-state index in [1.165, 1.54) is 18.4 Å². The van der Waals surface area contributed by atoms with Crippen LogP contribution in [0.25, 0.3) is 9.75 Å². The van der Waals surface area contributed by atoms with Gasteiger partial charge in [0.1, 0.15) is 13.0 Å². The highest BCUT2D eigenvalue weighted by Gasteiger charge is 2.33. The van der Waals surface area contributed by atoms with Gasteiger partial charge >= 0.3 is 5.97 Å². The van der Waals surface area contributed by atoms with Gasteiger partial charge in [-0.15, -0.1) is 28.2 Å². The molecule has 1 amide bonds. The van der Waals surface area contributed by atoms with Crippen LogP contribution in [-0.4, -0.2) is 33.1 Å². The van der Waals surface area contributed by atoms with Gasteiger partial charge in [0.25, 0.3) is 0 Å². The first-order chi connectivity index (χ1) is 15.5. The molecule has 0 atom stereocenters. The van der Waals surface area contributed by atoms with Gasteiger partial charge in [0, 0.05) is 21.7 Å². The number of hydrogen-bond donors (Lipinski definition) is 0. The van der Waals surface area contributed by atoms with Crippen molar-refractivity contribution in [3.8, 4) is 21.2 Å². The van der Waals surface area contributed by atoms with E-state index in [0.717, 1.165) is 40.3 Å². The van der Waals surface area contributed by atoms with Crippen LogP contribution in [0.4, 0.5) is 5.69 Å². The molecule has 0 bridgehead atoms. The molecule has 2 aromatic rings. The lowest BCUT2D eigenvalue weighted by molar-refractivity contribution is -0.123. The van der Waals surface area contributed by atoms with Crippen LogP contribution < -0.4 is 4.90 Å². The van der Waals surface area contributed by atoms with Gasteiger partial charge < -0.3 is 9.64 Å². The first-order valence-electron chi connectivity index (χ1n) is 11.7. The molecule has 4 nitrogen and oxygen atoms in total. The number of thiophene rings is 2. The van der Waals surface area contributed by atoms with Crippen LogP contribution in [0.1, 0.15) is 61.0 Å². The summed E-state index contributed by atoms with van der Waals surface area (Å²) in [5, 5.41) is 0. The maximum absolute atomic E-state index is 13.6. The number of carbonyl (C=O) groups is 2. The van der Waals surface area contributed by atoms with E-state index in [2.05, 4.69) is 44.1 Å². The zero-order valence-corrected chi connectivity index (χ0v) is 23.4. The Morgan fingerprint density at radius 1 is 1.09 bits per heavy atom. The fourth-order valence-corrected chi connectivity index (χ4v) is 6.67. The largest absolute Gasteiger partial charge is 0.465 e. The van der Waals surface area contributed by atoms with Gasteiger partial charge in [0.05, 0.1) is 17.7 Å². The first-order valence-corrected chi connectivity index (χ1v) is 16.8. The first kappa shape index (κ1) is 25.7. The Bertz CT molecular complexity index is 1060. The van der Waals surface area contributed by atoms with Gasteiger partial charge in [-0.2, -0.15) is 0 Å². The molecule has 2 heterocycles. The Morgan fingerprint density at radius 3 is 2.33 bits per heavy atom. The van der Waals surface area contributed by atoms with E-state index in [0.29, 0.717) is 16.5 Å². The number of ether oxygens (including phenoxy) is 1. The van der Waals surface area contributed by atoms with Crippen molar-refractivity contribution in [3.05, 3.63) is 28.0 Å². The maximum Gasteiger partial charge on any atom is 0.350 e. The van der Waals surface area contributed by atoms with E-state index in [1.54, 1.807) is 11.3 Å². The third kappa shape index (κ3) is 6.37. The molecule has 1 aliphatic carbocycles. The van der Waals surface area contributed by atoms with Crippen molar-refractivity contribution >= 4 is 48.3 Å². The van der Waals surface area contributed by atoms with Gasteiger partial charge in [-0.3, -0.25) is 4.79 Å². The van der Waals surface area contributed by atoms with E-state index >= 15 is 0 Å². The highest BCUT2D eigenvalue weighted by Crippen LogP contribution is 2.42. The molecule has 0 spiro atoms. The summed E-state index contributed by atoms with van der Waals surface area (Å²) in [6, 6.07) is 6.03. The third-order valence-corrected chi connectivity index (χ3v) is 9.05. The Morgan fingerprint density at radius 2 is 1.76 bits per heavy atom. The molecule has 0 unspecified atom stereocenters. The molecular weight excluding hydrogens is 467 g/mol. The summed E-state index contributed by atoms with van der Waals surface area (Å²) in [5.74, 6) is 3.74. The van der Waals surface area contributed by atoms with Crippen molar-refractivity contribution in [1.82, 2.24) is 0 Å². The smallest absolute Gasteiger partial charge is 0.350 e. The fourth-order valence-electron chi connectivity index (χ4n) is 4.06. The summed E-state index contributed by atoms with van der Waals surface area (Å²) in [7, 11) is -0.0594. The number of nitrogens with zero attached hydrogens (tertiary/aromatic N) is 1. The second-order valence-electron chi connectivity index (χ2n) is 10.2. The molecule has 0 radical (unpaired) electrons. The van der Waals surface area contributed by atoms with Crippen LogP contribution in [0.2, 0.25) is 19.6 Å². The number of esters is 1. The van der Waals surface area contributed by atoms with Crippen molar-refractivity contribution < 1.29 is 14.3 Å². The van der Waals surface area contributed by atoms with Crippen LogP contribution in [0, 0.1) is 23.3 Å². The highest BCUT2D eigenvalue weighted by atomic mass is 32.1. The summed E-state index contributed by atoms with van der Waals surface area (Å²) < 4.78 is 5.10. The van der Waals surface area contributed by atoms with E-state index in [9.17, 15) is 9.59 Å². The minimum Gasteiger partial charge on any atom is -0.465 e. The lowest BCUT2D eigenvalue weighted by atomic mass is 9.82. The topological polar surface area (TPSA) is 46.6 Å². The number of anilines is 1. The van der Waals surface area contributed by atoms with Crippen molar-refractivity contribution in [2.45, 2.75) is 72.1 Å². The summed E-state index contributed by atoms with van der Waals surface area (Å²) in [6.07, 6.45) is 3.99. The lowest BCUT2D eigenvalue weighted by Crippen LogP contribution is -2.42. The molecule has 33 heavy (non-hydrogen) atoms. The third-order valence-electron chi connectivity index (χ3n) is 5.87. The molecule has 3 rings (SSSR count). The molecule has 2 aromatic heterocycles. The molecule has 0 N–H and O–H groups in total. The maximum atomic E-state index is 13.6. The van der Waals surface area contributed by atoms with Gasteiger partial charge in [0.2, 0.25) is 5.91 Å². The Hall–Kier alpha value is -1.88. The highest BCUT2D eigenvalue weighted by molar-refractivity contribution is 7.23. The fraction of sp³-hybridized carbons (Fsp3) is 0.538. The lowest BCUT2D eigenvalue weighted by Gasteiger charge is -2.33. The second-order valence-corrected chi connectivity index (χ2v) is 17.1. The quantitative estimate of drug-likeness (QED) is 0.250. The SMILES string of the molecule is COC(=O)c1sc(-c2ccc(C#C[Si](C)(C)C)s2)cc1N(C(=O)C1CCC(C)CC1)C(C)C. The van der Waals surface area contributed by atoms with Crippen molar-refractivity contribution in [3.63, 3.8) is 0 Å². The van der Waals surface area contributed by atoms with Gasteiger partial charge in [-0.1, -0.05) is 32.5 Å². The number of hydrogen-bond acceptors (Lipinski definition) is 5. The second kappa shape index (κ2) is 10.6. The van der Waals surface area contributed by atoms with Crippen molar-refractivity contribution in [2.24, 2.45) is 11.8 Å². The molecule has 178 valence electrons. The van der Waals surface area contributed by atoms with Crippen molar-refractivity contribution in [2.75, 3.05) is 12.0 Å². The van der Waals surface area contributed by atoms with Crippen LogP contribution in [-0.2, 0) is 9.53 Å². The van der Waals surface area contributed by atoms with Crippen molar-refractivity contribution in [1.29, 1.82) is 0 Å². The van der Waals surface area contributed by atoms with Crippen LogP contribution in [0.15, 0.2) is 18.2 Å². The van der Waals surface area contributed by atoms with E-state index < -0.39 is 14.0 Å². The van der Waals surface area contributed by atoms with Gasteiger partial charge in [-0.25, -0.2) is 4.79 Å². The molecule has 1 aliphatic rings. The average Bonchev–Trinajstić information content (AvgIpc) is 3.39. The molecule has 7 heteroatoms. The minimum atomic E-state index is -1.45. The Kier molecular flexibility index (Phi) is 8.25. The number of carbonyl (C=O) groups excluding carboxylic acids is 2. The van der Waals surface area contributed by atoms with Gasteiger partial charge in [-0.05, 0) is 63.6 Å². The predicted molar refractivity (Wildman–Crippen MR) is 143 cm³/mol. The normalized spacial score (nSPS) is 18.5. The standard InChI is InChI=1S/C26H35NO3S2Si/c1-17(2)27(25(28)19-10-8-18(3)9-11-19)21-16-23(32-24(21)26(29)30-4)22-13-12-20(31-22)14-15-33(5,6)7/h12-13,16-19H,8-11H2,1-7H3. The van der Waals surface area contributed by atoms with Crippen LogP contribution >= 0.6 is 22.7 Å². The molecule has 0 saturated heterocycles. The Balaban J connectivity index is 1.98. The summed E-state index contributed by atoms with van der Waals surface area (Å²) >= 11 is 3.02. The minimum absolute atomic E-state index is 0.0163. The molecular formula is C26H35NO3S2Si. The summed E-state index contributed by atoms with van der Waals surface area (Å²) in [6.45, 7) is 13.0. The zero-order valence-electron chi connectivity index (χ0n) is 20.8. The molecule has 0 aliphatic heterocycles. The number of methoxy groups -OCH3 is 1. The molecule has 1 saturated carbocycles. The molecule has 0 aromatic carbocycles. The van der Waals surface area contributed by atoms with Crippen LogP contribution in [0.5, 0.6) is 0 Å². The van der Waals surface area contributed by atoms with E-state index in [4.69, 9.17) is 4.74 Å². The van der Waals surface area contributed by atoms with E-state index in [1.807, 2.05) is 30.9 Å². The summed E-state index contributed by atoms with van der Waals surface area (Å²) in [4.78, 5) is 31.7. The van der Waals surface area contributed by atoms with Gasteiger partial charge in [0.15, 0.2) is 0 Å². The van der Waals surface area contributed by atoms with Crippen LogP contribution in [0.3, 0.4) is 0 Å². The monoisotopic (exact) mass is 501 g/mol. The number of amides is 1. The zero-order chi connectivity index (χ0) is 24.3. The predicted octanol–water partition coefficient (Wildman–Crippen LogP) is 7.06. The average molecular weight is 502 g/mol. The van der Waals surface area contributed by atoms with E-state index in [-0.39, 0.29) is 17.9 Å². The Labute approximate surface area is 207 Å². The number of rotatable bonds is 5. The summed E-state index contributed by atoms with van der Waals surface area (Å²) in [5.41, 5.74) is 4.08. The molecule has 1 fully saturated rings.